The van der Waals surface area contributed by atoms with Crippen molar-refractivity contribution in [2.75, 3.05) is 25.9 Å². The Balaban J connectivity index is 1.71. The highest BCUT2D eigenvalue weighted by Gasteiger charge is 2.32. The van der Waals surface area contributed by atoms with Crippen LogP contribution in [-0.2, 0) is 0 Å². The van der Waals surface area contributed by atoms with Gasteiger partial charge in [0.15, 0.2) is 0 Å². The first-order valence-electron chi connectivity index (χ1n) is 9.31. The number of amides is 2. The van der Waals surface area contributed by atoms with E-state index in [1.807, 2.05) is 6.07 Å². The fraction of sp³-hybridized carbons (Fsp3) is 0.350. The molecule has 0 aliphatic carbocycles. The first-order valence-corrected chi connectivity index (χ1v) is 9.31. The number of rotatable bonds is 4. The number of pyridine rings is 1. The molecule has 1 fully saturated rings. The average Bonchev–Trinajstić information content (AvgIpc) is 2.95. The molecule has 28 heavy (non-hydrogen) atoms. The number of nitrogen functional groups attached to an aromatic ring is 1. The lowest BCUT2D eigenvalue weighted by molar-refractivity contribution is 0.0880. The highest BCUT2D eigenvalue weighted by atomic mass is 16.5. The summed E-state index contributed by atoms with van der Waals surface area (Å²) in [6.45, 7) is 1.53. The largest absolute Gasteiger partial charge is 0.490 e. The van der Waals surface area contributed by atoms with Crippen LogP contribution in [0.5, 0.6) is 5.75 Å². The van der Waals surface area contributed by atoms with Gasteiger partial charge in [0.25, 0.3) is 17.4 Å². The molecule has 1 unspecified atom stereocenters. The number of hydrogen-bond acceptors (Lipinski definition) is 6. The molecule has 1 atom stereocenters. The van der Waals surface area contributed by atoms with Crippen molar-refractivity contribution in [3.05, 3.63) is 51.8 Å². The second kappa shape index (κ2) is 7.12. The highest BCUT2D eigenvalue weighted by Crippen LogP contribution is 2.28. The third kappa shape index (κ3) is 3.05. The summed E-state index contributed by atoms with van der Waals surface area (Å²) >= 11 is 0. The number of nitrogens with two attached hydrogens (primary N) is 1. The molecule has 0 radical (unpaired) electrons. The van der Waals surface area contributed by atoms with Crippen LogP contribution in [0.3, 0.4) is 0 Å². The summed E-state index contributed by atoms with van der Waals surface area (Å²) in [6.07, 6.45) is 3.41. The minimum atomic E-state index is -0.610. The van der Waals surface area contributed by atoms with Gasteiger partial charge >= 0.3 is 0 Å². The van der Waals surface area contributed by atoms with E-state index in [2.05, 4.69) is 17.3 Å². The summed E-state index contributed by atoms with van der Waals surface area (Å²) in [5, 5.41) is 2.17. The molecule has 4 rings (SSSR count). The molecular formula is C20H22N4O4. The van der Waals surface area contributed by atoms with E-state index in [4.69, 9.17) is 10.5 Å². The molecule has 3 heterocycles. The van der Waals surface area contributed by atoms with Gasteiger partial charge in [-0.05, 0) is 38.6 Å². The summed E-state index contributed by atoms with van der Waals surface area (Å²) in [4.78, 5) is 38.9. The molecular weight excluding hydrogens is 360 g/mol. The molecule has 2 amide bonds. The van der Waals surface area contributed by atoms with Crippen molar-refractivity contribution in [2.45, 2.75) is 25.3 Å². The number of anilines is 1. The number of piperidine rings is 1. The van der Waals surface area contributed by atoms with Crippen molar-refractivity contribution in [1.29, 1.82) is 0 Å². The number of ether oxygens (including phenoxy) is 1. The Morgan fingerprint density at radius 3 is 2.75 bits per heavy atom. The van der Waals surface area contributed by atoms with Gasteiger partial charge in [-0.25, -0.2) is 0 Å². The minimum Gasteiger partial charge on any atom is -0.490 e. The monoisotopic (exact) mass is 382 g/mol. The van der Waals surface area contributed by atoms with E-state index in [-0.39, 0.29) is 16.9 Å². The SMILES string of the molecule is CN1CCCCC1COc1ccccc1-n1c(N)c2c(cc1=O)C(=O)NC2=O. The zero-order valence-corrected chi connectivity index (χ0v) is 15.6. The predicted octanol–water partition coefficient (Wildman–Crippen LogP) is 1.17. The zero-order chi connectivity index (χ0) is 19.8. The molecule has 8 nitrogen and oxygen atoms in total. The normalized spacial score (nSPS) is 19.4. The summed E-state index contributed by atoms with van der Waals surface area (Å²) in [6, 6.07) is 8.49. The van der Waals surface area contributed by atoms with E-state index in [0.717, 1.165) is 19.0 Å². The maximum Gasteiger partial charge on any atom is 0.262 e. The summed E-state index contributed by atoms with van der Waals surface area (Å²) in [5.41, 5.74) is 6.11. The van der Waals surface area contributed by atoms with Gasteiger partial charge in [0.1, 0.15) is 18.2 Å². The fourth-order valence-corrected chi connectivity index (χ4v) is 3.83. The number of para-hydroxylation sites is 2. The molecule has 1 aromatic carbocycles. The van der Waals surface area contributed by atoms with Crippen LogP contribution in [0.2, 0.25) is 0 Å². The predicted molar refractivity (Wildman–Crippen MR) is 104 cm³/mol. The van der Waals surface area contributed by atoms with Gasteiger partial charge in [-0.2, -0.15) is 0 Å². The van der Waals surface area contributed by atoms with Crippen LogP contribution >= 0.6 is 0 Å². The number of fused-ring (bicyclic) bond motifs is 1. The molecule has 146 valence electrons. The lowest BCUT2D eigenvalue weighted by Crippen LogP contribution is -2.40. The van der Waals surface area contributed by atoms with E-state index in [0.29, 0.717) is 24.1 Å². The van der Waals surface area contributed by atoms with Gasteiger partial charge in [0, 0.05) is 12.1 Å². The van der Waals surface area contributed by atoms with E-state index in [9.17, 15) is 14.4 Å². The molecule has 2 aliphatic rings. The number of nitrogens with zero attached hydrogens (tertiary/aromatic N) is 2. The lowest BCUT2D eigenvalue weighted by atomic mass is 10.0. The van der Waals surface area contributed by atoms with Crippen molar-refractivity contribution in [1.82, 2.24) is 14.8 Å². The third-order valence-corrected chi connectivity index (χ3v) is 5.41. The fourth-order valence-electron chi connectivity index (χ4n) is 3.83. The number of benzene rings is 1. The van der Waals surface area contributed by atoms with Crippen LogP contribution < -0.4 is 21.3 Å². The standard InChI is InChI=1S/C20H22N4O4/c1-23-9-5-4-6-12(23)11-28-15-8-3-2-7-14(15)24-16(25)10-13-17(18(24)21)20(27)22-19(13)26/h2-3,7-8,10,12H,4-6,9,11,21H2,1H3,(H,22,26,27). The van der Waals surface area contributed by atoms with Crippen LogP contribution in [0.15, 0.2) is 35.1 Å². The average molecular weight is 382 g/mol. The molecule has 0 bridgehead atoms. The summed E-state index contributed by atoms with van der Waals surface area (Å²) in [7, 11) is 2.08. The number of carbonyl (C=O) groups is 2. The van der Waals surface area contributed by atoms with Crippen molar-refractivity contribution in [3.8, 4) is 11.4 Å². The minimum absolute atomic E-state index is 0.00554. The third-order valence-electron chi connectivity index (χ3n) is 5.41. The van der Waals surface area contributed by atoms with Gasteiger partial charge in [0.05, 0.1) is 16.8 Å². The number of nitrogens with one attached hydrogen (secondary N) is 1. The lowest BCUT2D eigenvalue weighted by Gasteiger charge is -2.32. The Morgan fingerprint density at radius 2 is 1.96 bits per heavy atom. The number of imide groups is 1. The van der Waals surface area contributed by atoms with Gasteiger partial charge in [-0.3, -0.25) is 24.3 Å². The van der Waals surface area contributed by atoms with Crippen molar-refractivity contribution < 1.29 is 14.3 Å². The van der Waals surface area contributed by atoms with E-state index in [1.54, 1.807) is 18.2 Å². The van der Waals surface area contributed by atoms with Crippen LogP contribution in [-0.4, -0.2) is 47.5 Å². The van der Waals surface area contributed by atoms with Crippen molar-refractivity contribution in [3.63, 3.8) is 0 Å². The van der Waals surface area contributed by atoms with Crippen molar-refractivity contribution >= 4 is 17.6 Å². The van der Waals surface area contributed by atoms with Gasteiger partial charge in [-0.15, -0.1) is 0 Å². The van der Waals surface area contributed by atoms with Crippen molar-refractivity contribution in [2.24, 2.45) is 0 Å². The molecule has 2 aliphatic heterocycles. The highest BCUT2D eigenvalue weighted by molar-refractivity contribution is 6.23. The van der Waals surface area contributed by atoms with Crippen LogP contribution in [0.25, 0.3) is 5.69 Å². The van der Waals surface area contributed by atoms with Gasteiger partial charge in [0.2, 0.25) is 0 Å². The zero-order valence-electron chi connectivity index (χ0n) is 15.6. The molecule has 3 N–H and O–H groups in total. The Morgan fingerprint density at radius 1 is 1.18 bits per heavy atom. The number of likely N-dealkylation sites (N-methyl/N-ethyl adjacent to an activating group) is 1. The maximum absolute atomic E-state index is 12.7. The van der Waals surface area contributed by atoms with Crippen LogP contribution in [0.1, 0.15) is 40.0 Å². The first kappa shape index (κ1) is 18.2. The Labute approximate surface area is 161 Å². The van der Waals surface area contributed by atoms with Gasteiger partial charge in [-0.1, -0.05) is 18.6 Å². The Kier molecular flexibility index (Phi) is 4.64. The maximum atomic E-state index is 12.7. The molecule has 1 aromatic heterocycles. The second-order valence-electron chi connectivity index (χ2n) is 7.18. The smallest absolute Gasteiger partial charge is 0.262 e. The number of carbonyl (C=O) groups excluding carboxylic acids is 2. The van der Waals surface area contributed by atoms with Crippen LogP contribution in [0.4, 0.5) is 5.82 Å². The topological polar surface area (TPSA) is 107 Å². The van der Waals surface area contributed by atoms with E-state index < -0.39 is 17.4 Å². The van der Waals surface area contributed by atoms with E-state index >= 15 is 0 Å². The quantitative estimate of drug-likeness (QED) is 0.769. The molecule has 0 saturated carbocycles. The number of likely N-dealkylation sites (tertiary alicyclic amines) is 1. The number of aromatic nitrogens is 1. The Bertz CT molecular complexity index is 1010. The molecule has 0 spiro atoms. The van der Waals surface area contributed by atoms with Gasteiger partial charge < -0.3 is 15.4 Å². The summed E-state index contributed by atoms with van der Waals surface area (Å²) in [5.74, 6) is -0.786. The van der Waals surface area contributed by atoms with E-state index in [1.165, 1.54) is 17.4 Å². The first-order chi connectivity index (χ1) is 13.5. The summed E-state index contributed by atoms with van der Waals surface area (Å²) < 4.78 is 7.27. The molecule has 2 aromatic rings. The number of hydrogen-bond donors (Lipinski definition) is 2. The van der Waals surface area contributed by atoms with Crippen LogP contribution in [0, 0.1) is 0 Å². The molecule has 8 heteroatoms. The molecule has 1 saturated heterocycles. The second-order valence-corrected chi connectivity index (χ2v) is 7.18. The Hall–Kier alpha value is -3.13.